The first-order chi connectivity index (χ1) is 12.8. The normalized spacial score (nSPS) is 17.4. The van der Waals surface area contributed by atoms with E-state index in [4.69, 9.17) is 0 Å². The zero-order valence-electron chi connectivity index (χ0n) is 16.0. The number of nitrogens with zero attached hydrogens (tertiary/aromatic N) is 1. The van der Waals surface area contributed by atoms with Gasteiger partial charge in [-0.3, -0.25) is 9.10 Å². The first kappa shape index (κ1) is 19.4. The summed E-state index contributed by atoms with van der Waals surface area (Å²) in [6, 6.07) is 12.9. The Hall–Kier alpha value is -2.34. The summed E-state index contributed by atoms with van der Waals surface area (Å²) in [4.78, 5) is 12.6. The molecule has 1 atom stereocenters. The molecule has 0 aromatic heterocycles. The number of hydrogen-bond donors (Lipinski definition) is 1. The molecule has 1 saturated heterocycles. The van der Waals surface area contributed by atoms with Crippen LogP contribution in [0.15, 0.2) is 42.5 Å². The molecule has 2 aromatic carbocycles. The molecule has 0 bridgehead atoms. The van der Waals surface area contributed by atoms with E-state index in [0.29, 0.717) is 24.2 Å². The van der Waals surface area contributed by atoms with E-state index in [0.717, 1.165) is 17.5 Å². The van der Waals surface area contributed by atoms with Gasteiger partial charge in [-0.25, -0.2) is 8.42 Å². The van der Waals surface area contributed by atoms with Gasteiger partial charge in [-0.1, -0.05) is 23.8 Å². The fraction of sp³-hybridized carbons (Fsp3) is 0.381. The van der Waals surface area contributed by atoms with E-state index in [9.17, 15) is 13.2 Å². The fourth-order valence-corrected chi connectivity index (χ4v) is 5.17. The Balaban J connectivity index is 1.72. The van der Waals surface area contributed by atoms with Crippen molar-refractivity contribution in [3.05, 3.63) is 64.7 Å². The van der Waals surface area contributed by atoms with Crippen molar-refractivity contribution in [1.82, 2.24) is 5.32 Å². The smallest absolute Gasteiger partial charge is 0.251 e. The minimum atomic E-state index is -3.24. The van der Waals surface area contributed by atoms with Crippen molar-refractivity contribution >= 4 is 21.6 Å². The molecule has 5 nitrogen and oxygen atoms in total. The van der Waals surface area contributed by atoms with Crippen molar-refractivity contribution in [2.24, 2.45) is 0 Å². The highest BCUT2D eigenvalue weighted by Gasteiger charge is 2.26. The van der Waals surface area contributed by atoms with Crippen LogP contribution in [0.3, 0.4) is 0 Å². The number of nitrogens with one attached hydrogen (secondary N) is 1. The largest absolute Gasteiger partial charge is 0.346 e. The van der Waals surface area contributed by atoms with E-state index in [2.05, 4.69) is 11.4 Å². The third-order valence-electron chi connectivity index (χ3n) is 5.01. The molecule has 0 saturated carbocycles. The van der Waals surface area contributed by atoms with Crippen LogP contribution in [0.5, 0.6) is 0 Å². The van der Waals surface area contributed by atoms with Gasteiger partial charge in [-0.05, 0) is 69.0 Å². The molecule has 0 radical (unpaired) electrons. The van der Waals surface area contributed by atoms with Crippen LogP contribution < -0.4 is 9.62 Å². The van der Waals surface area contributed by atoms with Gasteiger partial charge >= 0.3 is 0 Å². The third-order valence-corrected chi connectivity index (χ3v) is 6.88. The van der Waals surface area contributed by atoms with Gasteiger partial charge in [0.1, 0.15) is 0 Å². The number of benzene rings is 2. The molecule has 144 valence electrons. The second-order valence-electron chi connectivity index (χ2n) is 7.20. The molecule has 27 heavy (non-hydrogen) atoms. The molecule has 0 spiro atoms. The topological polar surface area (TPSA) is 66.5 Å². The summed E-state index contributed by atoms with van der Waals surface area (Å²) >= 11 is 0. The van der Waals surface area contributed by atoms with Gasteiger partial charge in [0.25, 0.3) is 5.91 Å². The van der Waals surface area contributed by atoms with E-state index in [-0.39, 0.29) is 17.7 Å². The Labute approximate surface area is 161 Å². The molecule has 0 unspecified atom stereocenters. The lowest BCUT2D eigenvalue weighted by molar-refractivity contribution is 0.0940. The number of carbonyl (C=O) groups excluding carboxylic acids is 1. The van der Waals surface area contributed by atoms with Crippen LogP contribution in [0, 0.1) is 13.8 Å². The zero-order chi connectivity index (χ0) is 19.6. The highest BCUT2D eigenvalue weighted by molar-refractivity contribution is 7.92. The van der Waals surface area contributed by atoms with Crippen LogP contribution in [-0.4, -0.2) is 26.6 Å². The van der Waals surface area contributed by atoms with Crippen molar-refractivity contribution in [1.29, 1.82) is 0 Å². The molecule has 1 aliphatic rings. The summed E-state index contributed by atoms with van der Waals surface area (Å²) in [5.74, 6) is 0.0124. The summed E-state index contributed by atoms with van der Waals surface area (Å²) in [6.45, 7) is 6.55. The molecular weight excluding hydrogens is 360 g/mol. The minimum Gasteiger partial charge on any atom is -0.346 e. The predicted octanol–water partition coefficient (Wildman–Crippen LogP) is 3.72. The molecule has 1 N–H and O–H groups in total. The summed E-state index contributed by atoms with van der Waals surface area (Å²) < 4.78 is 25.9. The molecule has 1 fully saturated rings. The number of rotatable bonds is 4. The maximum Gasteiger partial charge on any atom is 0.251 e. The predicted molar refractivity (Wildman–Crippen MR) is 109 cm³/mol. The van der Waals surface area contributed by atoms with E-state index in [1.54, 1.807) is 24.3 Å². The number of aryl methyl sites for hydroxylation is 2. The van der Waals surface area contributed by atoms with Gasteiger partial charge < -0.3 is 5.32 Å². The summed E-state index contributed by atoms with van der Waals surface area (Å²) in [5.41, 5.74) is 4.56. The van der Waals surface area contributed by atoms with Crippen molar-refractivity contribution < 1.29 is 13.2 Å². The molecule has 1 amide bonds. The summed E-state index contributed by atoms with van der Waals surface area (Å²) in [5, 5.41) is 3.02. The van der Waals surface area contributed by atoms with Crippen molar-refractivity contribution in [3.63, 3.8) is 0 Å². The fourth-order valence-electron chi connectivity index (χ4n) is 3.53. The maximum atomic E-state index is 12.6. The highest BCUT2D eigenvalue weighted by atomic mass is 32.2. The summed E-state index contributed by atoms with van der Waals surface area (Å²) in [7, 11) is -3.24. The van der Waals surface area contributed by atoms with Crippen molar-refractivity contribution in [2.45, 2.75) is 39.7 Å². The average Bonchev–Trinajstić information content (AvgIpc) is 2.61. The molecular formula is C21H26N2O3S. The van der Waals surface area contributed by atoms with Gasteiger partial charge in [0, 0.05) is 12.1 Å². The molecule has 2 aromatic rings. The van der Waals surface area contributed by atoms with Crippen molar-refractivity contribution in [2.75, 3.05) is 16.6 Å². The van der Waals surface area contributed by atoms with Crippen LogP contribution in [0.4, 0.5) is 5.69 Å². The van der Waals surface area contributed by atoms with E-state index in [1.807, 2.05) is 32.9 Å². The lowest BCUT2D eigenvalue weighted by atomic mass is 10.00. The molecule has 3 rings (SSSR count). The Bertz CT molecular complexity index is 936. The monoisotopic (exact) mass is 386 g/mol. The lowest BCUT2D eigenvalue weighted by Crippen LogP contribution is -2.37. The first-order valence-corrected chi connectivity index (χ1v) is 10.9. The first-order valence-electron chi connectivity index (χ1n) is 9.26. The van der Waals surface area contributed by atoms with Crippen LogP contribution in [0.1, 0.15) is 52.9 Å². The Morgan fingerprint density at radius 2 is 1.78 bits per heavy atom. The summed E-state index contributed by atoms with van der Waals surface area (Å²) in [6.07, 6.45) is 1.56. The SMILES string of the molecule is Cc1ccc([C@@H](C)NC(=O)c2ccc(N3CCCCS3(=O)=O)cc2)c(C)c1. The third kappa shape index (κ3) is 4.33. The maximum absolute atomic E-state index is 12.6. The lowest BCUT2D eigenvalue weighted by Gasteiger charge is -2.28. The van der Waals surface area contributed by atoms with Crippen LogP contribution in [-0.2, 0) is 10.0 Å². The van der Waals surface area contributed by atoms with E-state index in [1.165, 1.54) is 9.87 Å². The van der Waals surface area contributed by atoms with Gasteiger partial charge in [0.05, 0.1) is 17.5 Å². The Morgan fingerprint density at radius 3 is 2.41 bits per heavy atom. The quantitative estimate of drug-likeness (QED) is 0.871. The number of carbonyl (C=O) groups is 1. The van der Waals surface area contributed by atoms with Crippen LogP contribution in [0.25, 0.3) is 0 Å². The minimum absolute atomic E-state index is 0.111. The van der Waals surface area contributed by atoms with Gasteiger partial charge in [0.2, 0.25) is 10.0 Å². The number of sulfonamides is 1. The molecule has 6 heteroatoms. The Morgan fingerprint density at radius 1 is 1.07 bits per heavy atom. The van der Waals surface area contributed by atoms with Gasteiger partial charge in [0.15, 0.2) is 0 Å². The molecule has 0 aliphatic carbocycles. The van der Waals surface area contributed by atoms with Gasteiger partial charge in [-0.15, -0.1) is 0 Å². The van der Waals surface area contributed by atoms with Gasteiger partial charge in [-0.2, -0.15) is 0 Å². The van der Waals surface area contributed by atoms with E-state index >= 15 is 0 Å². The van der Waals surface area contributed by atoms with Crippen LogP contribution >= 0.6 is 0 Å². The average molecular weight is 387 g/mol. The van der Waals surface area contributed by atoms with Crippen LogP contribution in [0.2, 0.25) is 0 Å². The number of anilines is 1. The number of amides is 1. The second-order valence-corrected chi connectivity index (χ2v) is 9.21. The highest BCUT2D eigenvalue weighted by Crippen LogP contribution is 2.24. The second kappa shape index (κ2) is 7.72. The standard InChI is InChI=1S/C21H26N2O3S/c1-15-6-11-20(16(2)14-15)17(3)22-21(24)18-7-9-19(10-8-18)23-12-4-5-13-27(23,25)26/h6-11,14,17H,4-5,12-13H2,1-3H3,(H,22,24)/t17-/m1/s1. The number of hydrogen-bond acceptors (Lipinski definition) is 3. The zero-order valence-corrected chi connectivity index (χ0v) is 16.8. The molecule has 1 aliphatic heterocycles. The van der Waals surface area contributed by atoms with E-state index < -0.39 is 10.0 Å². The Kier molecular flexibility index (Phi) is 5.56. The van der Waals surface area contributed by atoms with Crippen molar-refractivity contribution in [3.8, 4) is 0 Å². The molecule has 1 heterocycles.